The Morgan fingerprint density at radius 3 is 2.53 bits per heavy atom. The van der Waals surface area contributed by atoms with E-state index in [2.05, 4.69) is 37.4 Å². The molecule has 1 fully saturated rings. The maximum Gasteiger partial charge on any atom is 0.0332 e. The molecule has 0 saturated heterocycles. The molecular weight excluding hydrogens is 202 g/mol. The summed E-state index contributed by atoms with van der Waals surface area (Å²) in [4.78, 5) is 1.42. The van der Waals surface area contributed by atoms with Crippen molar-refractivity contribution in [2.45, 2.75) is 36.3 Å². The fourth-order valence-corrected chi connectivity index (χ4v) is 3.20. The van der Waals surface area contributed by atoms with Gasteiger partial charge in [0.25, 0.3) is 0 Å². The standard InChI is InChI=1S/C13H19NS/c1-10-4-5-12(8-11(10)2)15-13(6-7-13)9-14-3/h4-5,8,14H,6-7,9H2,1-3H3. The summed E-state index contributed by atoms with van der Waals surface area (Å²) in [6.45, 7) is 5.49. The van der Waals surface area contributed by atoms with Gasteiger partial charge in [-0.25, -0.2) is 0 Å². The fraction of sp³-hybridized carbons (Fsp3) is 0.538. The quantitative estimate of drug-likeness (QED) is 0.838. The van der Waals surface area contributed by atoms with Crippen molar-refractivity contribution in [3.63, 3.8) is 0 Å². The van der Waals surface area contributed by atoms with Gasteiger partial charge in [0.15, 0.2) is 0 Å². The monoisotopic (exact) mass is 221 g/mol. The number of rotatable bonds is 4. The number of nitrogens with one attached hydrogen (secondary N) is 1. The Kier molecular flexibility index (Phi) is 3.08. The van der Waals surface area contributed by atoms with Gasteiger partial charge < -0.3 is 5.32 Å². The number of aryl methyl sites for hydroxylation is 2. The highest BCUT2D eigenvalue weighted by atomic mass is 32.2. The van der Waals surface area contributed by atoms with Crippen molar-refractivity contribution in [2.24, 2.45) is 0 Å². The van der Waals surface area contributed by atoms with Gasteiger partial charge in [-0.1, -0.05) is 6.07 Å². The van der Waals surface area contributed by atoms with Crippen LogP contribution >= 0.6 is 11.8 Å². The second-order valence-corrected chi connectivity index (χ2v) is 6.10. The van der Waals surface area contributed by atoms with Crippen LogP contribution < -0.4 is 5.32 Å². The van der Waals surface area contributed by atoms with E-state index in [9.17, 15) is 0 Å². The molecule has 0 spiro atoms. The summed E-state index contributed by atoms with van der Waals surface area (Å²) in [6, 6.07) is 6.80. The fourth-order valence-electron chi connectivity index (χ4n) is 1.80. The first-order valence-corrected chi connectivity index (χ1v) is 6.38. The molecule has 0 amide bonds. The van der Waals surface area contributed by atoms with Crippen LogP contribution in [-0.2, 0) is 0 Å². The minimum absolute atomic E-state index is 0.496. The molecule has 0 heterocycles. The highest BCUT2D eigenvalue weighted by Gasteiger charge is 2.42. The molecule has 0 unspecified atom stereocenters. The van der Waals surface area contributed by atoms with Crippen LogP contribution in [0.1, 0.15) is 24.0 Å². The summed E-state index contributed by atoms with van der Waals surface area (Å²) in [7, 11) is 2.04. The van der Waals surface area contributed by atoms with Crippen LogP contribution in [0.3, 0.4) is 0 Å². The summed E-state index contributed by atoms with van der Waals surface area (Å²) in [5.41, 5.74) is 2.79. The third-order valence-corrected chi connectivity index (χ3v) is 4.59. The van der Waals surface area contributed by atoms with Crippen LogP contribution in [-0.4, -0.2) is 18.3 Å². The van der Waals surface area contributed by atoms with Gasteiger partial charge in [-0.05, 0) is 57.0 Å². The van der Waals surface area contributed by atoms with Gasteiger partial charge in [0, 0.05) is 16.2 Å². The van der Waals surface area contributed by atoms with Crippen molar-refractivity contribution >= 4 is 11.8 Å². The zero-order valence-electron chi connectivity index (χ0n) is 9.76. The first-order chi connectivity index (χ1) is 7.15. The molecule has 1 aromatic rings. The largest absolute Gasteiger partial charge is 0.318 e. The van der Waals surface area contributed by atoms with Crippen molar-refractivity contribution in [3.8, 4) is 0 Å². The van der Waals surface area contributed by atoms with Gasteiger partial charge in [-0.3, -0.25) is 0 Å². The third-order valence-electron chi connectivity index (χ3n) is 3.12. The lowest BCUT2D eigenvalue weighted by molar-refractivity contribution is 0.752. The smallest absolute Gasteiger partial charge is 0.0332 e. The Morgan fingerprint density at radius 1 is 1.27 bits per heavy atom. The molecule has 1 aliphatic rings. The predicted octanol–water partition coefficient (Wildman–Crippen LogP) is 3.15. The summed E-state index contributed by atoms with van der Waals surface area (Å²) >= 11 is 2.04. The normalized spacial score (nSPS) is 17.8. The van der Waals surface area contributed by atoms with E-state index in [1.165, 1.54) is 28.9 Å². The Balaban J connectivity index is 2.08. The van der Waals surface area contributed by atoms with Crippen LogP contribution in [0, 0.1) is 13.8 Å². The molecule has 0 radical (unpaired) electrons. The van der Waals surface area contributed by atoms with E-state index in [1.54, 1.807) is 0 Å². The molecule has 0 aliphatic heterocycles. The number of benzene rings is 1. The molecule has 2 rings (SSSR count). The molecule has 0 aromatic heterocycles. The second kappa shape index (κ2) is 4.18. The molecule has 2 heteroatoms. The molecule has 1 N–H and O–H groups in total. The van der Waals surface area contributed by atoms with Gasteiger partial charge in [0.05, 0.1) is 0 Å². The first kappa shape index (κ1) is 11.0. The Bertz CT molecular complexity index is 356. The highest BCUT2D eigenvalue weighted by Crippen LogP contribution is 2.51. The zero-order valence-corrected chi connectivity index (χ0v) is 10.6. The van der Waals surface area contributed by atoms with Crippen LogP contribution in [0.15, 0.2) is 23.1 Å². The molecule has 82 valence electrons. The van der Waals surface area contributed by atoms with Crippen molar-refractivity contribution in [1.82, 2.24) is 5.32 Å². The summed E-state index contributed by atoms with van der Waals surface area (Å²) in [6.07, 6.45) is 2.71. The van der Waals surface area contributed by atoms with Crippen molar-refractivity contribution in [2.75, 3.05) is 13.6 Å². The first-order valence-electron chi connectivity index (χ1n) is 5.56. The number of hydrogen-bond donors (Lipinski definition) is 1. The average molecular weight is 221 g/mol. The van der Waals surface area contributed by atoms with Gasteiger partial charge >= 0.3 is 0 Å². The van der Waals surface area contributed by atoms with E-state index in [4.69, 9.17) is 0 Å². The number of thioether (sulfide) groups is 1. The maximum absolute atomic E-state index is 3.30. The average Bonchev–Trinajstić information content (AvgIpc) is 2.92. The van der Waals surface area contributed by atoms with Gasteiger partial charge in [-0.2, -0.15) is 0 Å². The summed E-state index contributed by atoms with van der Waals surface area (Å²) in [5.74, 6) is 0. The lowest BCUT2D eigenvalue weighted by atomic mass is 10.1. The molecule has 1 saturated carbocycles. The molecular formula is C13H19NS. The lowest BCUT2D eigenvalue weighted by Crippen LogP contribution is -2.22. The van der Waals surface area contributed by atoms with E-state index in [-0.39, 0.29) is 0 Å². The van der Waals surface area contributed by atoms with E-state index < -0.39 is 0 Å². The second-order valence-electron chi connectivity index (χ2n) is 4.56. The molecule has 15 heavy (non-hydrogen) atoms. The molecule has 0 atom stereocenters. The zero-order chi connectivity index (χ0) is 10.9. The Labute approximate surface area is 96.7 Å². The van der Waals surface area contributed by atoms with E-state index in [0.29, 0.717) is 4.75 Å². The van der Waals surface area contributed by atoms with Gasteiger partial charge in [0.2, 0.25) is 0 Å². The maximum atomic E-state index is 3.30. The molecule has 1 aromatic carbocycles. The van der Waals surface area contributed by atoms with Gasteiger partial charge in [-0.15, -0.1) is 11.8 Å². The van der Waals surface area contributed by atoms with Crippen LogP contribution in [0.25, 0.3) is 0 Å². The third kappa shape index (κ3) is 2.56. The van der Waals surface area contributed by atoms with Crippen molar-refractivity contribution in [1.29, 1.82) is 0 Å². The highest BCUT2D eigenvalue weighted by molar-refractivity contribution is 8.01. The summed E-state index contributed by atoms with van der Waals surface area (Å²) < 4.78 is 0.496. The Hall–Kier alpha value is -0.470. The Morgan fingerprint density at radius 2 is 2.00 bits per heavy atom. The van der Waals surface area contributed by atoms with Gasteiger partial charge in [0.1, 0.15) is 0 Å². The minimum atomic E-state index is 0.496. The minimum Gasteiger partial charge on any atom is -0.318 e. The molecule has 0 bridgehead atoms. The SMILES string of the molecule is CNCC1(Sc2ccc(C)c(C)c2)CC1. The van der Waals surface area contributed by atoms with E-state index in [0.717, 1.165) is 6.54 Å². The van der Waals surface area contributed by atoms with E-state index >= 15 is 0 Å². The van der Waals surface area contributed by atoms with Crippen molar-refractivity contribution in [3.05, 3.63) is 29.3 Å². The van der Waals surface area contributed by atoms with Crippen LogP contribution in [0.4, 0.5) is 0 Å². The predicted molar refractivity (Wildman–Crippen MR) is 67.7 cm³/mol. The lowest BCUT2D eigenvalue weighted by Gasteiger charge is -2.14. The summed E-state index contributed by atoms with van der Waals surface area (Å²) in [5, 5.41) is 3.30. The van der Waals surface area contributed by atoms with Crippen molar-refractivity contribution < 1.29 is 0 Å². The van der Waals surface area contributed by atoms with Crippen LogP contribution in [0.2, 0.25) is 0 Å². The molecule has 1 aliphatic carbocycles. The van der Waals surface area contributed by atoms with E-state index in [1.807, 2.05) is 18.8 Å². The molecule has 1 nitrogen and oxygen atoms in total. The van der Waals surface area contributed by atoms with Crippen LogP contribution in [0.5, 0.6) is 0 Å². The number of hydrogen-bond acceptors (Lipinski definition) is 2. The topological polar surface area (TPSA) is 12.0 Å².